The van der Waals surface area contributed by atoms with Crippen LogP contribution in [0.4, 0.5) is 4.79 Å². The van der Waals surface area contributed by atoms with E-state index in [1.54, 1.807) is 0 Å². The number of imide groups is 1. The highest BCUT2D eigenvalue weighted by Crippen LogP contribution is 2.39. The molecular weight excluding hydrogens is 228 g/mol. The maximum atomic E-state index is 12.2. The van der Waals surface area contributed by atoms with Crippen molar-refractivity contribution in [2.75, 3.05) is 6.54 Å². The normalized spacial score (nSPS) is 28.1. The molecule has 100 valence electrons. The molecule has 2 saturated carbocycles. The number of hydrogen-bond acceptors (Lipinski definition) is 2. The van der Waals surface area contributed by atoms with Crippen molar-refractivity contribution in [3.05, 3.63) is 0 Å². The molecule has 2 aliphatic carbocycles. The summed E-state index contributed by atoms with van der Waals surface area (Å²) in [5.74, 6) is 0.575. The van der Waals surface area contributed by atoms with E-state index in [0.29, 0.717) is 5.92 Å². The summed E-state index contributed by atoms with van der Waals surface area (Å²) >= 11 is 0. The van der Waals surface area contributed by atoms with Crippen LogP contribution in [0.3, 0.4) is 0 Å². The fourth-order valence-corrected chi connectivity index (χ4v) is 3.94. The Balaban J connectivity index is 1.79. The molecular formula is C14H22N2O2. The highest BCUT2D eigenvalue weighted by Gasteiger charge is 2.53. The summed E-state index contributed by atoms with van der Waals surface area (Å²) in [5.41, 5.74) is -0.488. The molecule has 0 aromatic rings. The van der Waals surface area contributed by atoms with Gasteiger partial charge in [0, 0.05) is 6.54 Å². The van der Waals surface area contributed by atoms with Crippen molar-refractivity contribution in [2.24, 2.45) is 5.92 Å². The van der Waals surface area contributed by atoms with Gasteiger partial charge < -0.3 is 4.90 Å². The van der Waals surface area contributed by atoms with E-state index in [-0.39, 0.29) is 11.9 Å². The molecule has 4 heteroatoms. The molecule has 0 atom stereocenters. The van der Waals surface area contributed by atoms with E-state index < -0.39 is 5.54 Å². The maximum absolute atomic E-state index is 12.2. The molecule has 1 N–H and O–H groups in total. The number of carbonyl (C=O) groups excluding carboxylic acids is 2. The zero-order valence-corrected chi connectivity index (χ0v) is 10.9. The molecule has 0 radical (unpaired) electrons. The minimum Gasteiger partial charge on any atom is -0.309 e. The average Bonchev–Trinajstić information content (AvgIpc) is 2.95. The SMILES string of the molecule is O=C1NC(=O)C2(CCCCC2)N1CC1CCCC1. The molecule has 0 bridgehead atoms. The number of rotatable bonds is 2. The first-order valence-electron chi connectivity index (χ1n) is 7.35. The Bertz CT molecular complexity index is 355. The minimum absolute atomic E-state index is 0.0369. The van der Waals surface area contributed by atoms with E-state index in [4.69, 9.17) is 0 Å². The predicted molar refractivity (Wildman–Crippen MR) is 68.0 cm³/mol. The van der Waals surface area contributed by atoms with Gasteiger partial charge in [0.25, 0.3) is 5.91 Å². The van der Waals surface area contributed by atoms with Crippen LogP contribution in [-0.2, 0) is 4.79 Å². The third kappa shape index (κ3) is 1.82. The first-order valence-corrected chi connectivity index (χ1v) is 7.35. The van der Waals surface area contributed by atoms with Gasteiger partial charge in [0.05, 0.1) is 0 Å². The molecule has 4 nitrogen and oxygen atoms in total. The third-order valence-electron chi connectivity index (χ3n) is 5.00. The van der Waals surface area contributed by atoms with Crippen LogP contribution >= 0.6 is 0 Å². The van der Waals surface area contributed by atoms with Crippen LogP contribution in [0.2, 0.25) is 0 Å². The van der Waals surface area contributed by atoms with Crippen LogP contribution in [-0.4, -0.2) is 28.9 Å². The van der Waals surface area contributed by atoms with Gasteiger partial charge in [0.1, 0.15) is 5.54 Å². The Morgan fingerprint density at radius 2 is 1.72 bits per heavy atom. The third-order valence-corrected chi connectivity index (χ3v) is 5.00. The van der Waals surface area contributed by atoms with Crippen molar-refractivity contribution in [2.45, 2.75) is 63.3 Å². The summed E-state index contributed by atoms with van der Waals surface area (Å²) in [5, 5.41) is 2.55. The number of nitrogens with one attached hydrogen (secondary N) is 1. The first-order chi connectivity index (χ1) is 8.72. The van der Waals surface area contributed by atoms with Crippen LogP contribution in [0.1, 0.15) is 57.8 Å². The van der Waals surface area contributed by atoms with Crippen molar-refractivity contribution in [3.63, 3.8) is 0 Å². The van der Waals surface area contributed by atoms with Crippen molar-refractivity contribution >= 4 is 11.9 Å². The largest absolute Gasteiger partial charge is 0.325 e. The van der Waals surface area contributed by atoms with Gasteiger partial charge in [-0.15, -0.1) is 0 Å². The molecule has 3 aliphatic rings. The summed E-state index contributed by atoms with van der Waals surface area (Å²) in [6.45, 7) is 0.789. The Kier molecular flexibility index (Phi) is 3.04. The molecule has 3 rings (SSSR count). The van der Waals surface area contributed by atoms with Gasteiger partial charge >= 0.3 is 6.03 Å². The standard InChI is InChI=1S/C14H22N2O2/c17-12-14(8-4-1-5-9-14)16(13(18)15-12)10-11-6-2-3-7-11/h11H,1-10H2,(H,15,17,18). The lowest BCUT2D eigenvalue weighted by Gasteiger charge is -2.39. The smallest absolute Gasteiger partial charge is 0.309 e. The van der Waals surface area contributed by atoms with E-state index in [9.17, 15) is 9.59 Å². The van der Waals surface area contributed by atoms with Crippen molar-refractivity contribution in [3.8, 4) is 0 Å². The number of amides is 3. The van der Waals surface area contributed by atoms with Crippen molar-refractivity contribution in [1.29, 1.82) is 0 Å². The molecule has 1 spiro atoms. The van der Waals surface area contributed by atoms with E-state index >= 15 is 0 Å². The van der Waals surface area contributed by atoms with Gasteiger partial charge in [-0.25, -0.2) is 4.79 Å². The first kappa shape index (κ1) is 12.0. The number of hydrogen-bond donors (Lipinski definition) is 1. The molecule has 1 aliphatic heterocycles. The molecule has 18 heavy (non-hydrogen) atoms. The fourth-order valence-electron chi connectivity index (χ4n) is 3.94. The van der Waals surface area contributed by atoms with Gasteiger partial charge in [-0.3, -0.25) is 10.1 Å². The van der Waals surface area contributed by atoms with Gasteiger partial charge in [0.15, 0.2) is 0 Å². The molecule has 3 amide bonds. The number of carbonyl (C=O) groups is 2. The molecule has 1 saturated heterocycles. The van der Waals surface area contributed by atoms with Crippen molar-refractivity contribution in [1.82, 2.24) is 10.2 Å². The summed E-state index contributed by atoms with van der Waals surface area (Å²) < 4.78 is 0. The van der Waals surface area contributed by atoms with E-state index in [1.807, 2.05) is 4.90 Å². The average molecular weight is 250 g/mol. The summed E-state index contributed by atoms with van der Waals surface area (Å²) in [6, 6.07) is -0.145. The zero-order chi connectivity index (χ0) is 12.6. The molecule has 0 unspecified atom stereocenters. The summed E-state index contributed by atoms with van der Waals surface area (Å²) in [6.07, 6.45) is 10.0. The van der Waals surface area contributed by atoms with Crippen LogP contribution < -0.4 is 5.32 Å². The second-order valence-electron chi connectivity index (χ2n) is 6.11. The predicted octanol–water partition coefficient (Wildman–Crippen LogP) is 2.43. The van der Waals surface area contributed by atoms with Crippen molar-refractivity contribution < 1.29 is 9.59 Å². The van der Waals surface area contributed by atoms with Crippen LogP contribution in [0.5, 0.6) is 0 Å². The van der Waals surface area contributed by atoms with E-state index in [2.05, 4.69) is 5.32 Å². The quantitative estimate of drug-likeness (QED) is 0.765. The molecule has 0 aromatic heterocycles. The summed E-state index contributed by atoms with van der Waals surface area (Å²) in [4.78, 5) is 26.1. The molecule has 0 aromatic carbocycles. The fraction of sp³-hybridized carbons (Fsp3) is 0.857. The number of nitrogens with zero attached hydrogens (tertiary/aromatic N) is 1. The summed E-state index contributed by atoms with van der Waals surface area (Å²) in [7, 11) is 0. The van der Waals surface area contributed by atoms with Crippen LogP contribution in [0, 0.1) is 5.92 Å². The van der Waals surface area contributed by atoms with Crippen LogP contribution in [0.15, 0.2) is 0 Å². The maximum Gasteiger partial charge on any atom is 0.325 e. The Morgan fingerprint density at radius 3 is 2.39 bits per heavy atom. The monoisotopic (exact) mass is 250 g/mol. The molecule has 3 fully saturated rings. The second-order valence-corrected chi connectivity index (χ2v) is 6.11. The Labute approximate surface area is 108 Å². The topological polar surface area (TPSA) is 49.4 Å². The van der Waals surface area contributed by atoms with E-state index in [1.165, 1.54) is 32.1 Å². The van der Waals surface area contributed by atoms with Gasteiger partial charge in [-0.2, -0.15) is 0 Å². The minimum atomic E-state index is -0.488. The Morgan fingerprint density at radius 1 is 1.06 bits per heavy atom. The zero-order valence-electron chi connectivity index (χ0n) is 10.9. The second kappa shape index (κ2) is 4.56. The van der Waals surface area contributed by atoms with Gasteiger partial charge in [-0.1, -0.05) is 32.1 Å². The van der Waals surface area contributed by atoms with Gasteiger partial charge in [0.2, 0.25) is 0 Å². The lowest BCUT2D eigenvalue weighted by atomic mass is 9.80. The molecule has 1 heterocycles. The number of urea groups is 1. The van der Waals surface area contributed by atoms with Crippen LogP contribution in [0.25, 0.3) is 0 Å². The highest BCUT2D eigenvalue weighted by atomic mass is 16.2. The Hall–Kier alpha value is -1.06. The highest BCUT2D eigenvalue weighted by molar-refractivity contribution is 6.07. The van der Waals surface area contributed by atoms with E-state index in [0.717, 1.165) is 32.2 Å². The van der Waals surface area contributed by atoms with Gasteiger partial charge in [-0.05, 0) is 31.6 Å². The lowest BCUT2D eigenvalue weighted by Crippen LogP contribution is -2.52. The lowest BCUT2D eigenvalue weighted by molar-refractivity contribution is -0.128.